The average Bonchev–Trinajstić information content (AvgIpc) is 3.21. The van der Waals surface area contributed by atoms with Crippen molar-refractivity contribution in [3.63, 3.8) is 0 Å². The van der Waals surface area contributed by atoms with Crippen LogP contribution in [0.15, 0.2) is 66.7 Å². The molecule has 0 bridgehead atoms. The number of nitrogens with zero attached hydrogens (tertiary/aromatic N) is 1. The summed E-state index contributed by atoms with van der Waals surface area (Å²) in [6, 6.07) is 19.1. The fraction of sp³-hybridized carbons (Fsp3) is 0.517. The highest BCUT2D eigenvalue weighted by molar-refractivity contribution is 5.63. The fourth-order valence-electron chi connectivity index (χ4n) is 5.36. The molecule has 4 rings (SSSR count). The first-order chi connectivity index (χ1) is 16.8. The van der Waals surface area contributed by atoms with Crippen molar-refractivity contribution in [2.45, 2.75) is 57.0 Å². The second-order valence-corrected chi connectivity index (χ2v) is 9.43. The van der Waals surface area contributed by atoms with E-state index in [0.29, 0.717) is 18.9 Å². The minimum Gasteiger partial charge on any atom is -0.396 e. The van der Waals surface area contributed by atoms with Crippen molar-refractivity contribution < 1.29 is 19.7 Å². The van der Waals surface area contributed by atoms with Crippen LogP contribution in [0.1, 0.15) is 37.7 Å². The Morgan fingerprint density at radius 3 is 2.38 bits per heavy atom. The summed E-state index contributed by atoms with van der Waals surface area (Å²) < 4.78 is 12.0. The third kappa shape index (κ3) is 6.77. The van der Waals surface area contributed by atoms with Gasteiger partial charge in [-0.15, -0.1) is 0 Å². The minimum absolute atomic E-state index is 0.0440. The Morgan fingerprint density at radius 2 is 1.65 bits per heavy atom. The van der Waals surface area contributed by atoms with E-state index in [4.69, 9.17) is 14.6 Å². The number of allylic oxidation sites excluding steroid dienone is 2. The number of rotatable bonds is 11. The molecule has 1 aliphatic heterocycles. The number of aliphatic hydroxyl groups is 2. The molecule has 2 aliphatic rings. The van der Waals surface area contributed by atoms with Gasteiger partial charge in [0.15, 0.2) is 0 Å². The van der Waals surface area contributed by atoms with Gasteiger partial charge in [0.25, 0.3) is 0 Å². The normalized spacial score (nSPS) is 25.8. The fourth-order valence-corrected chi connectivity index (χ4v) is 5.36. The summed E-state index contributed by atoms with van der Waals surface area (Å²) in [5.74, 6) is 0.291. The molecular weight excluding hydrogens is 426 g/mol. The summed E-state index contributed by atoms with van der Waals surface area (Å²) >= 11 is 0. The maximum absolute atomic E-state index is 11.0. The van der Waals surface area contributed by atoms with E-state index < -0.39 is 0 Å². The lowest BCUT2D eigenvalue weighted by molar-refractivity contribution is -0.0354. The van der Waals surface area contributed by atoms with Crippen molar-refractivity contribution in [3.05, 3.63) is 72.3 Å². The Balaban J connectivity index is 1.38. The van der Waals surface area contributed by atoms with Gasteiger partial charge in [0.1, 0.15) is 0 Å². The quantitative estimate of drug-likeness (QED) is 0.380. The third-order valence-electron chi connectivity index (χ3n) is 7.14. The molecule has 1 aliphatic carbocycles. The summed E-state index contributed by atoms with van der Waals surface area (Å²) in [6.45, 7) is 4.01. The largest absolute Gasteiger partial charge is 0.396 e. The average molecular weight is 466 g/mol. The van der Waals surface area contributed by atoms with Gasteiger partial charge in [-0.1, -0.05) is 66.7 Å². The maximum atomic E-state index is 11.0. The molecule has 0 unspecified atom stereocenters. The Kier molecular flexibility index (Phi) is 9.72. The van der Waals surface area contributed by atoms with Gasteiger partial charge in [0, 0.05) is 38.1 Å². The van der Waals surface area contributed by atoms with Crippen molar-refractivity contribution in [2.24, 2.45) is 5.92 Å². The van der Waals surface area contributed by atoms with Crippen LogP contribution in [0.2, 0.25) is 0 Å². The zero-order valence-electron chi connectivity index (χ0n) is 20.1. The van der Waals surface area contributed by atoms with Crippen LogP contribution >= 0.6 is 0 Å². The van der Waals surface area contributed by atoms with E-state index in [9.17, 15) is 5.11 Å². The van der Waals surface area contributed by atoms with E-state index in [2.05, 4.69) is 65.6 Å². The first kappa shape index (κ1) is 25.1. The van der Waals surface area contributed by atoms with E-state index in [-0.39, 0.29) is 24.9 Å². The van der Waals surface area contributed by atoms with Crippen LogP contribution in [-0.2, 0) is 16.1 Å². The highest BCUT2D eigenvalue weighted by atomic mass is 16.5. The van der Waals surface area contributed by atoms with Crippen LogP contribution in [0.4, 0.5) is 0 Å². The summed E-state index contributed by atoms with van der Waals surface area (Å²) in [5, 5.41) is 20.0. The van der Waals surface area contributed by atoms with Gasteiger partial charge in [0.05, 0.1) is 32.0 Å². The standard InChI is InChI=1S/C29H39NO4/c31-18-8-3-1-2-7-11-26-28(21-27(32)29(26)30-16-19-33-20-17-30)34-22-23-12-14-25(15-13-23)24-9-5-4-6-10-24/h1-2,4-6,9-10,12-15,26-29,31-32H,3,7-8,11,16-22H2/t26-,27-,28-,29+/m1/s1. The zero-order valence-corrected chi connectivity index (χ0v) is 20.1. The Morgan fingerprint density at radius 1 is 0.941 bits per heavy atom. The van der Waals surface area contributed by atoms with Crippen molar-refractivity contribution in [2.75, 3.05) is 32.9 Å². The lowest BCUT2D eigenvalue weighted by Gasteiger charge is -2.38. The smallest absolute Gasteiger partial charge is 0.0723 e. The molecule has 5 heteroatoms. The number of aliphatic hydroxyl groups excluding tert-OH is 2. The second kappa shape index (κ2) is 13.2. The van der Waals surface area contributed by atoms with Gasteiger partial charge in [-0.2, -0.15) is 0 Å². The Hall–Kier alpha value is -2.02. The molecule has 184 valence electrons. The maximum Gasteiger partial charge on any atom is 0.0723 e. The molecule has 5 nitrogen and oxygen atoms in total. The molecule has 2 N–H and O–H groups in total. The van der Waals surface area contributed by atoms with E-state index >= 15 is 0 Å². The molecule has 34 heavy (non-hydrogen) atoms. The summed E-state index contributed by atoms with van der Waals surface area (Å²) in [6.07, 6.45) is 8.42. The molecule has 0 radical (unpaired) electrons. The highest BCUT2D eigenvalue weighted by Crippen LogP contribution is 2.37. The van der Waals surface area contributed by atoms with E-state index in [0.717, 1.165) is 57.6 Å². The number of benzene rings is 2. The molecule has 1 heterocycles. The number of hydrogen-bond donors (Lipinski definition) is 2. The van der Waals surface area contributed by atoms with Crippen molar-refractivity contribution in [1.29, 1.82) is 0 Å². The van der Waals surface area contributed by atoms with Crippen molar-refractivity contribution in [3.8, 4) is 11.1 Å². The molecule has 1 saturated heterocycles. The molecule has 2 aromatic rings. The second-order valence-electron chi connectivity index (χ2n) is 9.43. The topological polar surface area (TPSA) is 62.2 Å². The van der Waals surface area contributed by atoms with E-state index in [1.165, 1.54) is 11.1 Å². The van der Waals surface area contributed by atoms with Gasteiger partial charge in [-0.3, -0.25) is 4.90 Å². The first-order valence-electron chi connectivity index (χ1n) is 12.8. The summed E-state index contributed by atoms with van der Waals surface area (Å²) in [7, 11) is 0. The lowest BCUT2D eigenvalue weighted by atomic mass is 9.93. The Labute approximate surface area is 204 Å². The van der Waals surface area contributed by atoms with E-state index in [1.54, 1.807) is 0 Å². The Bertz CT molecular complexity index is 863. The third-order valence-corrected chi connectivity index (χ3v) is 7.14. The highest BCUT2D eigenvalue weighted by Gasteiger charge is 2.45. The molecule has 0 aromatic heterocycles. The monoisotopic (exact) mass is 465 g/mol. The van der Waals surface area contributed by atoms with Crippen LogP contribution < -0.4 is 0 Å². The van der Waals surface area contributed by atoms with Crippen molar-refractivity contribution >= 4 is 0 Å². The van der Waals surface area contributed by atoms with Crippen LogP contribution in [0.5, 0.6) is 0 Å². The van der Waals surface area contributed by atoms with Crippen LogP contribution in [0.25, 0.3) is 11.1 Å². The number of ether oxygens (including phenoxy) is 2. The van der Waals surface area contributed by atoms with Gasteiger partial charge in [-0.25, -0.2) is 0 Å². The summed E-state index contributed by atoms with van der Waals surface area (Å²) in [5.41, 5.74) is 3.58. The van der Waals surface area contributed by atoms with Crippen LogP contribution in [0.3, 0.4) is 0 Å². The predicted octanol–water partition coefficient (Wildman–Crippen LogP) is 4.43. The summed E-state index contributed by atoms with van der Waals surface area (Å²) in [4.78, 5) is 2.41. The SMILES string of the molecule is OCCCC=CCC[C@H]1[C@H](N2CCOCC2)[C@H](O)C[C@H]1OCc1ccc(-c2ccccc2)cc1. The molecule has 4 atom stereocenters. The lowest BCUT2D eigenvalue weighted by Crippen LogP contribution is -2.50. The first-order valence-corrected chi connectivity index (χ1v) is 12.8. The van der Waals surface area contributed by atoms with Gasteiger partial charge >= 0.3 is 0 Å². The molecule has 2 aromatic carbocycles. The molecule has 2 fully saturated rings. The molecule has 0 amide bonds. The minimum atomic E-state index is -0.369. The molecule has 1 saturated carbocycles. The zero-order chi connectivity index (χ0) is 23.6. The molecular formula is C29H39NO4. The van der Waals surface area contributed by atoms with Crippen LogP contribution in [-0.4, -0.2) is 66.3 Å². The predicted molar refractivity (Wildman–Crippen MR) is 135 cm³/mol. The van der Waals surface area contributed by atoms with E-state index in [1.807, 2.05) is 6.07 Å². The number of morpholine rings is 1. The number of hydrogen-bond acceptors (Lipinski definition) is 5. The van der Waals surface area contributed by atoms with Crippen molar-refractivity contribution in [1.82, 2.24) is 4.90 Å². The van der Waals surface area contributed by atoms with Gasteiger partial charge in [-0.05, 0) is 42.4 Å². The number of unbranched alkanes of at least 4 members (excludes halogenated alkanes) is 1. The van der Waals surface area contributed by atoms with Gasteiger partial charge < -0.3 is 19.7 Å². The molecule has 0 spiro atoms. The van der Waals surface area contributed by atoms with Crippen LogP contribution in [0, 0.1) is 5.92 Å². The van der Waals surface area contributed by atoms with Gasteiger partial charge in [0.2, 0.25) is 0 Å².